The standard InChI is InChI=1S/C23H36O10/c1-14(2)16(26)31-23(32-17(27)15(3)4)22(13-30-19(33-23)21(7,8)10-25)11-28-18(29-12-22)20(5,6)9-24/h18-19,24-25H,1,3,9-13H2,2,4-8H3. The fraction of sp³-hybridized carbons (Fsp3) is 0.739. The average Bonchev–Trinajstić information content (AvgIpc) is 2.75. The molecule has 0 aromatic heterocycles. The summed E-state index contributed by atoms with van der Waals surface area (Å²) in [5.74, 6) is -4.07. The molecule has 1 spiro atoms. The highest BCUT2D eigenvalue weighted by atomic mass is 16.9. The normalized spacial score (nSPS) is 27.6. The maximum absolute atomic E-state index is 12.7. The summed E-state index contributed by atoms with van der Waals surface area (Å²) in [6.45, 7) is 15.9. The molecule has 33 heavy (non-hydrogen) atoms. The summed E-state index contributed by atoms with van der Waals surface area (Å²) in [5, 5.41) is 19.5. The van der Waals surface area contributed by atoms with E-state index in [0.717, 1.165) is 0 Å². The summed E-state index contributed by atoms with van der Waals surface area (Å²) < 4.78 is 35.0. The van der Waals surface area contributed by atoms with Crippen LogP contribution < -0.4 is 0 Å². The first-order valence-electron chi connectivity index (χ1n) is 10.7. The summed E-state index contributed by atoms with van der Waals surface area (Å²) >= 11 is 0. The summed E-state index contributed by atoms with van der Waals surface area (Å²) in [6, 6.07) is 0. The lowest BCUT2D eigenvalue weighted by molar-refractivity contribution is -0.499. The Morgan fingerprint density at radius 2 is 1.21 bits per heavy atom. The number of carbonyl (C=O) groups is 2. The molecule has 0 aliphatic carbocycles. The quantitative estimate of drug-likeness (QED) is 0.305. The van der Waals surface area contributed by atoms with Crippen LogP contribution in [0.2, 0.25) is 0 Å². The van der Waals surface area contributed by atoms with Crippen LogP contribution in [0, 0.1) is 16.2 Å². The van der Waals surface area contributed by atoms with Crippen LogP contribution in [-0.2, 0) is 38.0 Å². The number of carbonyl (C=O) groups excluding carboxylic acids is 2. The number of hydrogen-bond acceptors (Lipinski definition) is 10. The first-order valence-corrected chi connectivity index (χ1v) is 10.7. The van der Waals surface area contributed by atoms with Gasteiger partial charge in [0.2, 0.25) is 0 Å². The van der Waals surface area contributed by atoms with Gasteiger partial charge in [-0.3, -0.25) is 4.74 Å². The Bertz CT molecular complexity index is 740. The van der Waals surface area contributed by atoms with Crippen LogP contribution in [0.25, 0.3) is 0 Å². The van der Waals surface area contributed by atoms with Crippen molar-refractivity contribution in [3.8, 4) is 0 Å². The number of aliphatic hydroxyl groups is 2. The fourth-order valence-corrected chi connectivity index (χ4v) is 3.13. The maximum atomic E-state index is 12.7. The van der Waals surface area contributed by atoms with E-state index in [2.05, 4.69) is 13.2 Å². The number of rotatable bonds is 8. The van der Waals surface area contributed by atoms with Gasteiger partial charge in [0, 0.05) is 22.0 Å². The highest BCUT2D eigenvalue weighted by molar-refractivity contribution is 5.89. The van der Waals surface area contributed by atoms with Crippen LogP contribution >= 0.6 is 0 Å². The molecular weight excluding hydrogens is 436 g/mol. The van der Waals surface area contributed by atoms with Gasteiger partial charge in [-0.2, -0.15) is 0 Å². The number of esters is 2. The van der Waals surface area contributed by atoms with Gasteiger partial charge in [-0.25, -0.2) is 9.59 Å². The van der Waals surface area contributed by atoms with Crippen molar-refractivity contribution in [2.24, 2.45) is 16.2 Å². The van der Waals surface area contributed by atoms with E-state index in [1.807, 2.05) is 0 Å². The SMILES string of the molecule is C=C(C)C(=O)OC1(OC(=O)C(=C)C)OC(C(C)(C)CO)OCC12COC(C(C)(C)CO)OC2. The van der Waals surface area contributed by atoms with Gasteiger partial charge in [0.15, 0.2) is 12.6 Å². The second-order valence-corrected chi connectivity index (χ2v) is 10.2. The van der Waals surface area contributed by atoms with E-state index in [0.29, 0.717) is 0 Å². The van der Waals surface area contributed by atoms with E-state index < -0.39 is 46.7 Å². The molecule has 10 nitrogen and oxygen atoms in total. The van der Waals surface area contributed by atoms with E-state index in [1.54, 1.807) is 27.7 Å². The van der Waals surface area contributed by atoms with Crippen LogP contribution in [0.5, 0.6) is 0 Å². The minimum Gasteiger partial charge on any atom is -0.396 e. The smallest absolute Gasteiger partial charge is 0.391 e. The first-order chi connectivity index (χ1) is 15.2. The Labute approximate surface area is 194 Å². The Balaban J connectivity index is 2.55. The zero-order chi connectivity index (χ0) is 25.2. The molecule has 188 valence electrons. The predicted molar refractivity (Wildman–Crippen MR) is 115 cm³/mol. The summed E-state index contributed by atoms with van der Waals surface area (Å²) in [5.41, 5.74) is -3.02. The molecule has 0 radical (unpaired) electrons. The third kappa shape index (κ3) is 5.47. The molecule has 2 rings (SSSR count). The molecule has 2 N–H and O–H groups in total. The molecule has 1 unspecified atom stereocenters. The molecule has 0 amide bonds. The second-order valence-electron chi connectivity index (χ2n) is 10.2. The van der Waals surface area contributed by atoms with Gasteiger partial charge in [-0.05, 0) is 13.8 Å². The molecule has 2 fully saturated rings. The van der Waals surface area contributed by atoms with Crippen molar-refractivity contribution in [1.82, 2.24) is 0 Å². The Morgan fingerprint density at radius 1 is 0.848 bits per heavy atom. The lowest BCUT2D eigenvalue weighted by Gasteiger charge is -2.55. The molecular formula is C23H36O10. The van der Waals surface area contributed by atoms with Crippen LogP contribution in [0.4, 0.5) is 0 Å². The third-order valence-electron chi connectivity index (χ3n) is 5.69. The van der Waals surface area contributed by atoms with Crippen molar-refractivity contribution >= 4 is 11.9 Å². The van der Waals surface area contributed by atoms with Crippen LogP contribution in [0.1, 0.15) is 41.5 Å². The summed E-state index contributed by atoms with van der Waals surface area (Å²) in [6.07, 6.45) is -1.90. The molecule has 0 aromatic carbocycles. The third-order valence-corrected chi connectivity index (χ3v) is 5.69. The minimum absolute atomic E-state index is 0.0425. The van der Waals surface area contributed by atoms with Crippen LogP contribution in [0.15, 0.2) is 24.3 Å². The number of ether oxygens (including phenoxy) is 6. The fourth-order valence-electron chi connectivity index (χ4n) is 3.13. The van der Waals surface area contributed by atoms with E-state index in [1.165, 1.54) is 13.8 Å². The van der Waals surface area contributed by atoms with E-state index in [-0.39, 0.29) is 44.2 Å². The monoisotopic (exact) mass is 472 g/mol. The van der Waals surface area contributed by atoms with Gasteiger partial charge >= 0.3 is 17.9 Å². The summed E-state index contributed by atoms with van der Waals surface area (Å²) in [7, 11) is 0. The zero-order valence-electron chi connectivity index (χ0n) is 20.3. The zero-order valence-corrected chi connectivity index (χ0v) is 20.3. The second kappa shape index (κ2) is 9.81. The van der Waals surface area contributed by atoms with Crippen molar-refractivity contribution in [2.75, 3.05) is 33.0 Å². The van der Waals surface area contributed by atoms with Gasteiger partial charge in [-0.15, -0.1) is 0 Å². The molecule has 0 bridgehead atoms. The lowest BCUT2D eigenvalue weighted by atomic mass is 9.83. The maximum Gasteiger partial charge on any atom is 0.391 e. The van der Waals surface area contributed by atoms with Crippen molar-refractivity contribution in [1.29, 1.82) is 0 Å². The largest absolute Gasteiger partial charge is 0.396 e. The highest BCUT2D eigenvalue weighted by Crippen LogP contribution is 2.49. The van der Waals surface area contributed by atoms with Crippen LogP contribution in [-0.4, -0.2) is 73.7 Å². The number of aliphatic hydroxyl groups excluding tert-OH is 2. The summed E-state index contributed by atoms with van der Waals surface area (Å²) in [4.78, 5) is 25.3. The molecule has 2 heterocycles. The molecule has 2 aliphatic heterocycles. The van der Waals surface area contributed by atoms with Crippen molar-refractivity contribution in [2.45, 2.75) is 60.1 Å². The van der Waals surface area contributed by atoms with Gasteiger partial charge in [0.25, 0.3) is 0 Å². The molecule has 0 aromatic rings. The van der Waals surface area contributed by atoms with Gasteiger partial charge in [0.1, 0.15) is 5.41 Å². The van der Waals surface area contributed by atoms with Crippen LogP contribution in [0.3, 0.4) is 0 Å². The lowest BCUT2D eigenvalue weighted by Crippen LogP contribution is -2.70. The first kappa shape index (κ1) is 27.4. The molecule has 2 saturated heterocycles. The molecule has 0 saturated carbocycles. The molecule has 2 aliphatic rings. The van der Waals surface area contributed by atoms with Crippen molar-refractivity contribution < 1.29 is 48.2 Å². The average molecular weight is 473 g/mol. The van der Waals surface area contributed by atoms with Gasteiger partial charge < -0.3 is 33.9 Å². The molecule has 10 heteroatoms. The Morgan fingerprint density at radius 3 is 1.58 bits per heavy atom. The highest BCUT2D eigenvalue weighted by Gasteiger charge is 2.68. The topological polar surface area (TPSA) is 130 Å². The van der Waals surface area contributed by atoms with E-state index in [4.69, 9.17) is 28.4 Å². The molecule has 1 atom stereocenters. The van der Waals surface area contributed by atoms with E-state index in [9.17, 15) is 19.8 Å². The van der Waals surface area contributed by atoms with Gasteiger partial charge in [0.05, 0.1) is 33.0 Å². The number of hydrogen-bond donors (Lipinski definition) is 2. The van der Waals surface area contributed by atoms with Crippen molar-refractivity contribution in [3.63, 3.8) is 0 Å². The predicted octanol–water partition coefficient (Wildman–Crippen LogP) is 1.65. The van der Waals surface area contributed by atoms with Gasteiger partial charge in [-0.1, -0.05) is 40.9 Å². The minimum atomic E-state index is -2.33. The Hall–Kier alpha value is -1.82. The Kier molecular flexibility index (Phi) is 8.15. The van der Waals surface area contributed by atoms with E-state index >= 15 is 0 Å². The van der Waals surface area contributed by atoms with Crippen molar-refractivity contribution in [3.05, 3.63) is 24.3 Å².